The molecule has 0 fully saturated rings. The predicted molar refractivity (Wildman–Crippen MR) is 108 cm³/mol. The number of anilines is 1. The Morgan fingerprint density at radius 1 is 1.29 bits per heavy atom. The van der Waals surface area contributed by atoms with Crippen LogP contribution in [0.25, 0.3) is 16.9 Å². The Bertz CT molecular complexity index is 1280. The number of amides is 1. The summed E-state index contributed by atoms with van der Waals surface area (Å²) < 4.78 is 20.5. The molecule has 3 heterocycles. The molecule has 10 nitrogen and oxygen atoms in total. The highest BCUT2D eigenvalue weighted by Crippen LogP contribution is 2.24. The van der Waals surface area contributed by atoms with Crippen LogP contribution in [0.5, 0.6) is 5.75 Å². The van der Waals surface area contributed by atoms with Gasteiger partial charge in [-0.1, -0.05) is 12.1 Å². The van der Waals surface area contributed by atoms with E-state index in [1.807, 2.05) is 6.07 Å². The number of nitrogens with zero attached hydrogens (tertiary/aromatic N) is 5. The first kappa shape index (κ1) is 20.0. The highest BCUT2D eigenvalue weighted by atomic mass is 19.1. The molecular formula is C20H17FN6O4. The van der Waals surface area contributed by atoms with E-state index < -0.39 is 18.6 Å². The molecule has 0 bridgehead atoms. The Kier molecular flexibility index (Phi) is 5.31. The van der Waals surface area contributed by atoms with Crippen LogP contribution in [0.1, 0.15) is 20.8 Å². The number of carboxylic acids is 1. The van der Waals surface area contributed by atoms with Crippen LogP contribution in [0.15, 0.2) is 49.1 Å². The SMILES string of the molecule is Cn1ncc(C(=O)O)c1C(=O)Nc1cc2nc(-c3cccc(OCCF)c3)cn2cn1. The molecule has 4 rings (SSSR count). The second-order valence-electron chi connectivity index (χ2n) is 6.52. The van der Waals surface area contributed by atoms with Crippen LogP contribution >= 0.6 is 0 Å². The molecule has 31 heavy (non-hydrogen) atoms. The molecule has 158 valence electrons. The summed E-state index contributed by atoms with van der Waals surface area (Å²) in [7, 11) is 1.48. The number of hydrogen-bond donors (Lipinski definition) is 2. The summed E-state index contributed by atoms with van der Waals surface area (Å²) in [6.07, 6.45) is 4.35. The Morgan fingerprint density at radius 2 is 2.13 bits per heavy atom. The number of carbonyl (C=O) groups excluding carboxylic acids is 1. The normalized spacial score (nSPS) is 10.9. The van der Waals surface area contributed by atoms with Crippen LogP contribution in [-0.2, 0) is 7.05 Å². The lowest BCUT2D eigenvalue weighted by Crippen LogP contribution is -2.20. The van der Waals surface area contributed by atoms with Gasteiger partial charge in [0.25, 0.3) is 5.91 Å². The number of aromatic nitrogens is 5. The molecule has 0 unspecified atom stereocenters. The molecule has 1 aromatic carbocycles. The van der Waals surface area contributed by atoms with Gasteiger partial charge in [0.2, 0.25) is 0 Å². The van der Waals surface area contributed by atoms with Gasteiger partial charge in [-0.05, 0) is 12.1 Å². The minimum absolute atomic E-state index is 0.0259. The lowest BCUT2D eigenvalue weighted by atomic mass is 10.1. The molecule has 0 radical (unpaired) electrons. The van der Waals surface area contributed by atoms with Crippen LogP contribution in [0, 0.1) is 0 Å². The lowest BCUT2D eigenvalue weighted by molar-refractivity contribution is 0.0692. The molecule has 0 spiro atoms. The molecule has 1 amide bonds. The summed E-state index contributed by atoms with van der Waals surface area (Å²) >= 11 is 0. The number of nitrogens with one attached hydrogen (secondary N) is 1. The Hall–Kier alpha value is -4.28. The number of alkyl halides is 1. The summed E-state index contributed by atoms with van der Waals surface area (Å²) in [4.78, 5) is 32.6. The average Bonchev–Trinajstić information content (AvgIpc) is 3.35. The van der Waals surface area contributed by atoms with Crippen molar-refractivity contribution in [3.05, 3.63) is 60.3 Å². The first-order chi connectivity index (χ1) is 15.0. The van der Waals surface area contributed by atoms with Gasteiger partial charge in [-0.3, -0.25) is 13.9 Å². The number of imidazole rings is 1. The zero-order valence-electron chi connectivity index (χ0n) is 16.3. The van der Waals surface area contributed by atoms with Crippen LogP contribution in [0.2, 0.25) is 0 Å². The number of aryl methyl sites for hydroxylation is 1. The Morgan fingerprint density at radius 3 is 2.90 bits per heavy atom. The molecule has 0 aliphatic carbocycles. The third-order valence-electron chi connectivity index (χ3n) is 4.45. The van der Waals surface area contributed by atoms with E-state index in [4.69, 9.17) is 4.74 Å². The zero-order valence-corrected chi connectivity index (χ0v) is 16.3. The minimum atomic E-state index is -1.25. The Labute approximate surface area is 174 Å². The number of benzene rings is 1. The molecule has 0 aliphatic heterocycles. The topological polar surface area (TPSA) is 124 Å². The number of rotatable bonds is 7. The van der Waals surface area contributed by atoms with Gasteiger partial charge in [-0.25, -0.2) is 19.2 Å². The maximum atomic E-state index is 12.6. The van der Waals surface area contributed by atoms with Gasteiger partial charge in [-0.15, -0.1) is 0 Å². The lowest BCUT2D eigenvalue weighted by Gasteiger charge is -2.06. The Balaban J connectivity index is 1.59. The van der Waals surface area contributed by atoms with E-state index in [9.17, 15) is 19.1 Å². The number of halogens is 1. The predicted octanol–water partition coefficient (Wildman–Crippen LogP) is 2.43. The van der Waals surface area contributed by atoms with Crippen molar-refractivity contribution in [1.29, 1.82) is 0 Å². The van der Waals surface area contributed by atoms with Crippen LogP contribution < -0.4 is 10.1 Å². The van der Waals surface area contributed by atoms with Gasteiger partial charge in [0.15, 0.2) is 0 Å². The highest BCUT2D eigenvalue weighted by Gasteiger charge is 2.22. The largest absolute Gasteiger partial charge is 0.491 e. The van der Waals surface area contributed by atoms with Crippen LogP contribution in [0.4, 0.5) is 10.2 Å². The van der Waals surface area contributed by atoms with E-state index >= 15 is 0 Å². The van der Waals surface area contributed by atoms with Crippen molar-refractivity contribution < 1.29 is 23.8 Å². The molecule has 3 aromatic heterocycles. The molecule has 0 atom stereocenters. The monoisotopic (exact) mass is 424 g/mol. The van der Waals surface area contributed by atoms with E-state index in [0.717, 1.165) is 11.8 Å². The fraction of sp³-hybridized carbons (Fsp3) is 0.150. The number of carboxylic acid groups (broad SMARTS) is 1. The average molecular weight is 424 g/mol. The molecule has 11 heteroatoms. The third-order valence-corrected chi connectivity index (χ3v) is 4.45. The van der Waals surface area contributed by atoms with Crippen LogP contribution in [-0.4, -0.2) is 54.4 Å². The van der Waals surface area contributed by atoms with Crippen LogP contribution in [0.3, 0.4) is 0 Å². The van der Waals surface area contributed by atoms with E-state index in [0.29, 0.717) is 17.1 Å². The van der Waals surface area contributed by atoms with Gasteiger partial charge >= 0.3 is 5.97 Å². The van der Waals surface area contributed by atoms with Crippen molar-refractivity contribution in [2.75, 3.05) is 18.6 Å². The van der Waals surface area contributed by atoms with Crippen molar-refractivity contribution in [2.45, 2.75) is 0 Å². The van der Waals surface area contributed by atoms with Crippen molar-refractivity contribution >= 4 is 23.3 Å². The second-order valence-corrected chi connectivity index (χ2v) is 6.52. The van der Waals surface area contributed by atoms with Crippen molar-refractivity contribution in [3.8, 4) is 17.0 Å². The van der Waals surface area contributed by atoms with Crippen molar-refractivity contribution in [1.82, 2.24) is 24.1 Å². The second kappa shape index (κ2) is 8.22. The van der Waals surface area contributed by atoms with Gasteiger partial charge < -0.3 is 15.2 Å². The van der Waals surface area contributed by atoms with Gasteiger partial charge in [0.1, 0.15) is 48.1 Å². The van der Waals surface area contributed by atoms with E-state index in [1.165, 1.54) is 18.1 Å². The number of fused-ring (bicyclic) bond motifs is 1. The number of aromatic carboxylic acids is 1. The maximum Gasteiger partial charge on any atom is 0.339 e. The van der Waals surface area contributed by atoms with Crippen molar-refractivity contribution in [2.24, 2.45) is 7.05 Å². The molecule has 2 N–H and O–H groups in total. The maximum absolute atomic E-state index is 12.6. The number of hydrogen-bond acceptors (Lipinski definition) is 6. The first-order valence-electron chi connectivity index (χ1n) is 9.17. The van der Waals surface area contributed by atoms with E-state index in [1.54, 1.807) is 34.9 Å². The summed E-state index contributed by atoms with van der Waals surface area (Å²) in [5, 5.41) is 15.6. The summed E-state index contributed by atoms with van der Waals surface area (Å²) in [6.45, 7) is -0.604. The summed E-state index contributed by atoms with van der Waals surface area (Å²) in [6, 6.07) is 8.67. The van der Waals surface area contributed by atoms with Gasteiger partial charge in [0, 0.05) is 24.9 Å². The first-order valence-corrected chi connectivity index (χ1v) is 9.17. The quantitative estimate of drug-likeness (QED) is 0.467. The molecule has 4 aromatic rings. The standard InChI is InChI=1S/C20H17FN6O4/c1-26-18(14(9-23-26)20(29)30)19(28)25-16-8-17-24-15(10-27(17)11-22-16)12-3-2-4-13(7-12)31-6-5-21/h2-4,7-11H,5-6H2,1H3,(H,25,28)(H,29,30). The third kappa shape index (κ3) is 4.06. The zero-order chi connectivity index (χ0) is 22.0. The highest BCUT2D eigenvalue weighted by molar-refractivity contribution is 6.09. The fourth-order valence-electron chi connectivity index (χ4n) is 3.04. The number of ether oxygens (including phenoxy) is 1. The fourth-order valence-corrected chi connectivity index (χ4v) is 3.04. The summed E-state index contributed by atoms with van der Waals surface area (Å²) in [5.41, 5.74) is 1.61. The molecule has 0 saturated carbocycles. The molecule has 0 aliphatic rings. The smallest absolute Gasteiger partial charge is 0.339 e. The summed E-state index contributed by atoms with van der Waals surface area (Å²) in [5.74, 6) is -1.17. The van der Waals surface area contributed by atoms with Gasteiger partial charge in [-0.2, -0.15) is 5.10 Å². The van der Waals surface area contributed by atoms with E-state index in [2.05, 4.69) is 20.4 Å². The number of carbonyl (C=O) groups is 2. The van der Waals surface area contributed by atoms with Crippen molar-refractivity contribution in [3.63, 3.8) is 0 Å². The molecule has 0 saturated heterocycles. The van der Waals surface area contributed by atoms with Gasteiger partial charge in [0.05, 0.1) is 11.9 Å². The molecular weight excluding hydrogens is 407 g/mol. The van der Waals surface area contributed by atoms with E-state index in [-0.39, 0.29) is 23.7 Å². The minimum Gasteiger partial charge on any atom is -0.491 e.